The molecule has 3 nitrogen and oxygen atoms in total. The molecule has 6 heteroatoms. The van der Waals surface area contributed by atoms with E-state index in [1.54, 1.807) is 0 Å². The van der Waals surface area contributed by atoms with Crippen LogP contribution in [-0.4, -0.2) is 19.2 Å². The summed E-state index contributed by atoms with van der Waals surface area (Å²) >= 11 is 0. The van der Waals surface area contributed by atoms with Crippen molar-refractivity contribution in [2.45, 2.75) is 6.43 Å². The average molecular weight is 207 g/mol. The van der Waals surface area contributed by atoms with Gasteiger partial charge in [-0.1, -0.05) is 0 Å². The van der Waals surface area contributed by atoms with Crippen molar-refractivity contribution in [2.24, 2.45) is 0 Å². The zero-order valence-electron chi connectivity index (χ0n) is 7.55. The minimum absolute atomic E-state index is 0.158. The third-order valence-corrected chi connectivity index (χ3v) is 1.60. The monoisotopic (exact) mass is 207 g/mol. The lowest BCUT2D eigenvalue weighted by Gasteiger charge is -2.09. The van der Waals surface area contributed by atoms with Gasteiger partial charge in [-0.25, -0.2) is 18.2 Å². The highest BCUT2D eigenvalue weighted by Gasteiger charge is 2.21. The van der Waals surface area contributed by atoms with Crippen molar-refractivity contribution in [1.82, 2.24) is 4.98 Å². The normalized spacial score (nSPS) is 10.4. The van der Waals surface area contributed by atoms with Crippen molar-refractivity contribution in [3.05, 3.63) is 17.6 Å². The number of aromatic nitrogens is 1. The van der Waals surface area contributed by atoms with Gasteiger partial charge < -0.3 is 9.47 Å². The van der Waals surface area contributed by atoms with Gasteiger partial charge in [-0.15, -0.1) is 0 Å². The number of ether oxygens (including phenoxy) is 2. The van der Waals surface area contributed by atoms with E-state index in [9.17, 15) is 13.2 Å². The lowest BCUT2D eigenvalue weighted by Crippen LogP contribution is -2.01. The summed E-state index contributed by atoms with van der Waals surface area (Å²) < 4.78 is 46.8. The Kier molecular flexibility index (Phi) is 3.16. The number of pyridine rings is 1. The van der Waals surface area contributed by atoms with Gasteiger partial charge in [0, 0.05) is 6.20 Å². The Labute approximate surface area is 78.5 Å². The van der Waals surface area contributed by atoms with Crippen LogP contribution < -0.4 is 9.47 Å². The second kappa shape index (κ2) is 4.17. The lowest BCUT2D eigenvalue weighted by atomic mass is 10.2. The van der Waals surface area contributed by atoms with Crippen LogP contribution in [0, 0.1) is 5.82 Å². The Hall–Kier alpha value is -1.46. The number of halogens is 3. The topological polar surface area (TPSA) is 31.4 Å². The molecule has 0 aliphatic carbocycles. The molecule has 0 aliphatic rings. The fourth-order valence-corrected chi connectivity index (χ4v) is 0.943. The molecular formula is C8H8F3NO2. The van der Waals surface area contributed by atoms with Gasteiger partial charge >= 0.3 is 0 Å². The van der Waals surface area contributed by atoms with E-state index in [4.69, 9.17) is 0 Å². The summed E-state index contributed by atoms with van der Waals surface area (Å²) in [5.74, 6) is -1.71. The molecule has 0 aliphatic heterocycles. The fourth-order valence-electron chi connectivity index (χ4n) is 0.943. The number of hydrogen-bond donors (Lipinski definition) is 0. The summed E-state index contributed by atoms with van der Waals surface area (Å²) in [6.07, 6.45) is -2.20. The van der Waals surface area contributed by atoms with Gasteiger partial charge in [0.15, 0.2) is 5.82 Å². The maximum Gasteiger partial charge on any atom is 0.268 e. The second-order valence-electron chi connectivity index (χ2n) is 2.37. The third-order valence-electron chi connectivity index (χ3n) is 1.60. The number of methoxy groups -OCH3 is 2. The summed E-state index contributed by atoms with van der Waals surface area (Å²) in [6.45, 7) is 0. The van der Waals surface area contributed by atoms with Crippen molar-refractivity contribution < 1.29 is 22.6 Å². The minimum Gasteiger partial charge on any atom is -0.489 e. The van der Waals surface area contributed by atoms with Crippen LogP contribution in [0.5, 0.6) is 11.6 Å². The Morgan fingerprint density at radius 2 is 1.93 bits per heavy atom. The number of hydrogen-bond acceptors (Lipinski definition) is 3. The van der Waals surface area contributed by atoms with Gasteiger partial charge in [0.2, 0.25) is 5.75 Å². The maximum atomic E-state index is 13.2. The largest absolute Gasteiger partial charge is 0.489 e. The van der Waals surface area contributed by atoms with E-state index in [-0.39, 0.29) is 5.88 Å². The van der Waals surface area contributed by atoms with E-state index >= 15 is 0 Å². The van der Waals surface area contributed by atoms with Crippen LogP contribution in [0.25, 0.3) is 0 Å². The molecular weight excluding hydrogens is 199 g/mol. The zero-order valence-corrected chi connectivity index (χ0v) is 7.55. The average Bonchev–Trinajstić information content (AvgIpc) is 2.16. The highest BCUT2D eigenvalue weighted by Crippen LogP contribution is 2.33. The molecule has 0 N–H and O–H groups in total. The molecule has 1 aromatic rings. The van der Waals surface area contributed by atoms with Gasteiger partial charge in [-0.2, -0.15) is 0 Å². The van der Waals surface area contributed by atoms with E-state index < -0.39 is 23.6 Å². The summed E-state index contributed by atoms with van der Waals surface area (Å²) in [4.78, 5) is 3.48. The molecule has 0 aromatic carbocycles. The van der Waals surface area contributed by atoms with Crippen molar-refractivity contribution in [2.75, 3.05) is 14.2 Å². The van der Waals surface area contributed by atoms with E-state index in [0.29, 0.717) is 0 Å². The highest BCUT2D eigenvalue weighted by atomic mass is 19.3. The molecule has 0 amide bonds. The first-order chi connectivity index (χ1) is 6.61. The highest BCUT2D eigenvalue weighted by molar-refractivity contribution is 5.38. The molecule has 0 saturated heterocycles. The first-order valence-electron chi connectivity index (χ1n) is 3.66. The number of rotatable bonds is 3. The predicted molar refractivity (Wildman–Crippen MR) is 42.3 cm³/mol. The van der Waals surface area contributed by atoms with Crippen molar-refractivity contribution >= 4 is 0 Å². The molecule has 14 heavy (non-hydrogen) atoms. The van der Waals surface area contributed by atoms with Crippen LogP contribution in [0.15, 0.2) is 6.20 Å². The number of alkyl halides is 2. The molecule has 0 saturated carbocycles. The smallest absolute Gasteiger partial charge is 0.268 e. The van der Waals surface area contributed by atoms with Crippen LogP contribution >= 0.6 is 0 Å². The van der Waals surface area contributed by atoms with Crippen molar-refractivity contribution in [3.63, 3.8) is 0 Å². The predicted octanol–water partition coefficient (Wildman–Crippen LogP) is 2.18. The van der Waals surface area contributed by atoms with E-state index in [2.05, 4.69) is 14.5 Å². The zero-order chi connectivity index (χ0) is 10.7. The Bertz CT molecular complexity index is 331. The Morgan fingerprint density at radius 1 is 1.29 bits per heavy atom. The summed E-state index contributed by atoms with van der Waals surface area (Å²) in [7, 11) is 2.39. The molecule has 1 aromatic heterocycles. The Balaban J connectivity index is 3.27. The standard InChI is InChI=1S/C8H8F3NO2/c1-13-6-5(9)4(7(10)11)3-12-8(6)14-2/h3,7H,1-2H3. The molecule has 0 fully saturated rings. The quantitative estimate of drug-likeness (QED) is 0.761. The Morgan fingerprint density at radius 3 is 2.36 bits per heavy atom. The molecule has 0 radical (unpaired) electrons. The van der Waals surface area contributed by atoms with Crippen molar-refractivity contribution in [3.8, 4) is 11.6 Å². The molecule has 0 atom stereocenters. The van der Waals surface area contributed by atoms with Crippen LogP contribution in [-0.2, 0) is 0 Å². The van der Waals surface area contributed by atoms with Crippen LogP contribution in [0.3, 0.4) is 0 Å². The fraction of sp³-hybridized carbons (Fsp3) is 0.375. The van der Waals surface area contributed by atoms with E-state index in [0.717, 1.165) is 13.3 Å². The van der Waals surface area contributed by atoms with Crippen LogP contribution in [0.1, 0.15) is 12.0 Å². The summed E-state index contributed by atoms with van der Waals surface area (Å²) in [5, 5.41) is 0. The van der Waals surface area contributed by atoms with Gasteiger partial charge in [0.1, 0.15) is 0 Å². The molecule has 1 heterocycles. The lowest BCUT2D eigenvalue weighted by molar-refractivity contribution is 0.144. The van der Waals surface area contributed by atoms with Gasteiger partial charge in [0.05, 0.1) is 19.8 Å². The van der Waals surface area contributed by atoms with E-state index in [1.807, 2.05) is 0 Å². The summed E-state index contributed by atoms with van der Waals surface area (Å²) in [5.41, 5.74) is -0.803. The number of nitrogens with zero attached hydrogens (tertiary/aromatic N) is 1. The third kappa shape index (κ3) is 1.73. The van der Waals surface area contributed by atoms with E-state index in [1.165, 1.54) is 7.11 Å². The molecule has 1 rings (SSSR count). The second-order valence-corrected chi connectivity index (χ2v) is 2.37. The van der Waals surface area contributed by atoms with Crippen LogP contribution in [0.4, 0.5) is 13.2 Å². The first-order valence-corrected chi connectivity index (χ1v) is 3.66. The minimum atomic E-state index is -2.93. The van der Waals surface area contributed by atoms with Gasteiger partial charge in [0.25, 0.3) is 12.3 Å². The van der Waals surface area contributed by atoms with Crippen molar-refractivity contribution in [1.29, 1.82) is 0 Å². The molecule has 78 valence electrons. The SMILES string of the molecule is COc1ncc(C(F)F)c(F)c1OC. The maximum absolute atomic E-state index is 13.2. The molecule has 0 bridgehead atoms. The molecule has 0 spiro atoms. The van der Waals surface area contributed by atoms with Crippen LogP contribution in [0.2, 0.25) is 0 Å². The first kappa shape index (κ1) is 10.6. The van der Waals surface area contributed by atoms with Gasteiger partial charge in [-0.05, 0) is 0 Å². The molecule has 0 unspecified atom stereocenters. The summed E-state index contributed by atoms with van der Waals surface area (Å²) in [6, 6.07) is 0. The van der Waals surface area contributed by atoms with Gasteiger partial charge in [-0.3, -0.25) is 0 Å².